The van der Waals surface area contributed by atoms with E-state index in [1.807, 2.05) is 54.6 Å². The third kappa shape index (κ3) is 6.01. The van der Waals surface area contributed by atoms with Crippen LogP contribution in [0.25, 0.3) is 16.9 Å². The highest BCUT2D eigenvalue weighted by molar-refractivity contribution is 9.10. The van der Waals surface area contributed by atoms with Gasteiger partial charge in [-0.1, -0.05) is 60.1 Å². The number of carbonyl (C=O) groups is 2. The number of esters is 1. The van der Waals surface area contributed by atoms with Crippen LogP contribution in [0.4, 0.5) is 0 Å². The molecule has 0 bridgehead atoms. The second-order valence-electron chi connectivity index (χ2n) is 6.77. The number of carboxylic acid groups (broad SMARTS) is 1. The zero-order valence-corrected chi connectivity index (χ0v) is 18.5. The second kappa shape index (κ2) is 10.7. The number of halogens is 1. The summed E-state index contributed by atoms with van der Waals surface area (Å²) in [4.78, 5) is 21.8. The molecule has 0 saturated heterocycles. The minimum atomic E-state index is -0.931. The van der Waals surface area contributed by atoms with Crippen molar-refractivity contribution >= 4 is 27.9 Å². The molecule has 3 N–H and O–H groups in total. The lowest BCUT2D eigenvalue weighted by Gasteiger charge is -2.07. The number of hydrogen-bond acceptors (Lipinski definition) is 5. The Morgan fingerprint density at radius 2 is 1.77 bits per heavy atom. The number of aromatic nitrogens is 2. The number of hydrogen-bond donors (Lipinski definition) is 2. The van der Waals surface area contributed by atoms with Crippen LogP contribution in [0.15, 0.2) is 65.1 Å². The van der Waals surface area contributed by atoms with Gasteiger partial charge in [0, 0.05) is 10.0 Å². The molecular weight excluding hydrogens is 450 g/mol. The molecule has 1 aromatic heterocycles. The maximum atomic E-state index is 11.8. The third-order valence-electron chi connectivity index (χ3n) is 4.23. The number of nitrogens with two attached hydrogens (primary N) is 1. The van der Waals surface area contributed by atoms with E-state index in [0.29, 0.717) is 0 Å². The number of nitrogens with zero attached hydrogens (tertiary/aromatic N) is 2. The highest BCUT2D eigenvalue weighted by Crippen LogP contribution is 2.26. The van der Waals surface area contributed by atoms with Gasteiger partial charge in [-0.2, -0.15) is 5.10 Å². The predicted octanol–water partition coefficient (Wildman–Crippen LogP) is 4.14. The lowest BCUT2D eigenvalue weighted by molar-refractivity contribution is -0.139. The minimum absolute atomic E-state index is 0.0208. The van der Waals surface area contributed by atoms with E-state index in [0.717, 1.165) is 21.4 Å². The summed E-state index contributed by atoms with van der Waals surface area (Å²) in [6.07, 6.45) is 0. The van der Waals surface area contributed by atoms with Crippen LogP contribution in [0.3, 0.4) is 0 Å². The van der Waals surface area contributed by atoms with Gasteiger partial charge in [-0.15, -0.1) is 0 Å². The molecule has 0 amide bonds. The van der Waals surface area contributed by atoms with Crippen molar-refractivity contribution in [3.63, 3.8) is 0 Å². The van der Waals surface area contributed by atoms with Crippen LogP contribution in [0.1, 0.15) is 24.3 Å². The highest BCUT2D eigenvalue weighted by Gasteiger charge is 2.17. The van der Waals surface area contributed by atoms with Crippen LogP contribution in [0, 0.1) is 5.92 Å². The van der Waals surface area contributed by atoms with Crippen molar-refractivity contribution in [1.82, 2.24) is 9.78 Å². The Hall–Kier alpha value is -2.97. The molecule has 7 nitrogen and oxygen atoms in total. The van der Waals surface area contributed by atoms with Gasteiger partial charge < -0.3 is 15.6 Å². The normalized spacial score (nSPS) is 11.4. The Bertz CT molecular complexity index is 1000. The fraction of sp³-hybridized carbons (Fsp3) is 0.227. The molecule has 0 aliphatic rings. The van der Waals surface area contributed by atoms with Gasteiger partial charge in [0.15, 0.2) is 5.69 Å². The van der Waals surface area contributed by atoms with E-state index in [-0.39, 0.29) is 11.6 Å². The Kier molecular flexibility index (Phi) is 8.32. The number of para-hydroxylation sites is 1. The second-order valence-corrected chi connectivity index (χ2v) is 7.69. The number of rotatable bonds is 5. The molecule has 0 unspecified atom stereocenters. The summed E-state index contributed by atoms with van der Waals surface area (Å²) in [6, 6.07) is 18.6. The van der Waals surface area contributed by atoms with Crippen molar-refractivity contribution in [3.05, 3.63) is 70.8 Å². The first kappa shape index (κ1) is 23.3. The van der Waals surface area contributed by atoms with Crippen molar-refractivity contribution < 1.29 is 19.4 Å². The predicted molar refractivity (Wildman–Crippen MR) is 118 cm³/mol. The van der Waals surface area contributed by atoms with Crippen LogP contribution < -0.4 is 5.73 Å². The molecule has 0 saturated carbocycles. The SMILES string of the molecule is CC(C)[C@H](N)C(=O)O.COC(=O)c1cc(-c2cccc(Br)c2)n(-c2ccccc2)n1. The molecule has 0 aliphatic carbocycles. The van der Waals surface area contributed by atoms with Gasteiger partial charge in [0.1, 0.15) is 6.04 Å². The van der Waals surface area contributed by atoms with E-state index < -0.39 is 18.0 Å². The summed E-state index contributed by atoms with van der Waals surface area (Å²) < 4.78 is 7.48. The molecule has 2 aromatic carbocycles. The van der Waals surface area contributed by atoms with E-state index in [1.54, 1.807) is 24.6 Å². The first-order valence-electron chi connectivity index (χ1n) is 9.22. The largest absolute Gasteiger partial charge is 0.480 e. The quantitative estimate of drug-likeness (QED) is 0.539. The summed E-state index contributed by atoms with van der Waals surface area (Å²) in [5.74, 6) is -1.36. The van der Waals surface area contributed by atoms with E-state index in [4.69, 9.17) is 15.6 Å². The Balaban J connectivity index is 0.000000343. The topological polar surface area (TPSA) is 107 Å². The van der Waals surface area contributed by atoms with Crippen LogP contribution >= 0.6 is 15.9 Å². The maximum absolute atomic E-state index is 11.8. The summed E-state index contributed by atoms with van der Waals surface area (Å²) >= 11 is 3.47. The summed E-state index contributed by atoms with van der Waals surface area (Å²) in [5.41, 5.74) is 8.11. The number of benzene rings is 2. The maximum Gasteiger partial charge on any atom is 0.358 e. The monoisotopic (exact) mass is 473 g/mol. The number of carboxylic acids is 1. The van der Waals surface area contributed by atoms with Crippen molar-refractivity contribution in [2.24, 2.45) is 11.7 Å². The lowest BCUT2D eigenvalue weighted by atomic mass is 10.1. The van der Waals surface area contributed by atoms with E-state index in [2.05, 4.69) is 21.0 Å². The summed E-state index contributed by atoms with van der Waals surface area (Å²) in [6.45, 7) is 3.55. The van der Waals surface area contributed by atoms with Crippen LogP contribution in [0.2, 0.25) is 0 Å². The first-order chi connectivity index (χ1) is 14.2. The van der Waals surface area contributed by atoms with Gasteiger partial charge in [-0.05, 0) is 36.2 Å². The summed E-state index contributed by atoms with van der Waals surface area (Å²) in [5, 5.41) is 12.6. The minimum Gasteiger partial charge on any atom is -0.480 e. The Morgan fingerprint density at radius 1 is 1.10 bits per heavy atom. The molecule has 8 heteroatoms. The van der Waals surface area contributed by atoms with Crippen molar-refractivity contribution in [3.8, 4) is 16.9 Å². The number of ether oxygens (including phenoxy) is 1. The third-order valence-corrected chi connectivity index (χ3v) is 4.72. The molecule has 0 fully saturated rings. The molecule has 1 heterocycles. The summed E-state index contributed by atoms with van der Waals surface area (Å²) in [7, 11) is 1.35. The molecule has 3 rings (SSSR count). The van der Waals surface area contributed by atoms with E-state index in [1.165, 1.54) is 7.11 Å². The number of aliphatic carboxylic acids is 1. The smallest absolute Gasteiger partial charge is 0.358 e. The van der Waals surface area contributed by atoms with Gasteiger partial charge >= 0.3 is 11.9 Å². The fourth-order valence-corrected chi connectivity index (χ4v) is 2.89. The van der Waals surface area contributed by atoms with Crippen LogP contribution in [-0.2, 0) is 9.53 Å². The lowest BCUT2D eigenvalue weighted by Crippen LogP contribution is -2.34. The van der Waals surface area contributed by atoms with Crippen molar-refractivity contribution in [2.45, 2.75) is 19.9 Å². The van der Waals surface area contributed by atoms with Crippen molar-refractivity contribution in [2.75, 3.05) is 7.11 Å². The average molecular weight is 474 g/mol. The molecule has 158 valence electrons. The first-order valence-corrected chi connectivity index (χ1v) is 10.0. The van der Waals surface area contributed by atoms with Gasteiger partial charge in [0.25, 0.3) is 0 Å². The molecule has 0 radical (unpaired) electrons. The van der Waals surface area contributed by atoms with E-state index >= 15 is 0 Å². The van der Waals surface area contributed by atoms with E-state index in [9.17, 15) is 9.59 Å². The zero-order valence-electron chi connectivity index (χ0n) is 16.9. The molecule has 1 atom stereocenters. The van der Waals surface area contributed by atoms with Gasteiger partial charge in [0.05, 0.1) is 18.5 Å². The fourth-order valence-electron chi connectivity index (χ4n) is 2.49. The van der Waals surface area contributed by atoms with Crippen molar-refractivity contribution in [1.29, 1.82) is 0 Å². The zero-order chi connectivity index (χ0) is 22.3. The number of carbonyl (C=O) groups excluding carboxylic acids is 1. The van der Waals surface area contributed by atoms with Crippen LogP contribution in [-0.4, -0.2) is 40.0 Å². The van der Waals surface area contributed by atoms with Gasteiger partial charge in [-0.25, -0.2) is 9.48 Å². The standard InChI is InChI=1S/C17H13BrN2O2.C5H11NO2/c1-22-17(21)15-11-16(12-6-5-7-13(18)10-12)20(19-15)14-8-3-2-4-9-14;1-3(2)4(6)5(7)8/h2-11H,1H3;3-4H,6H2,1-2H3,(H,7,8)/t;4-/m.0/s1. The Morgan fingerprint density at radius 3 is 2.27 bits per heavy atom. The van der Waals surface area contributed by atoms with Gasteiger partial charge in [0.2, 0.25) is 0 Å². The molecule has 30 heavy (non-hydrogen) atoms. The highest BCUT2D eigenvalue weighted by atomic mass is 79.9. The molecule has 0 aliphatic heterocycles. The molecule has 0 spiro atoms. The number of methoxy groups -OCH3 is 1. The average Bonchev–Trinajstić information content (AvgIpc) is 3.19. The Labute approximate surface area is 183 Å². The van der Waals surface area contributed by atoms with Gasteiger partial charge in [-0.3, -0.25) is 4.79 Å². The van der Waals surface area contributed by atoms with Crippen LogP contribution in [0.5, 0.6) is 0 Å². The molecule has 3 aromatic rings. The molecular formula is C22H24BrN3O4.